The lowest BCUT2D eigenvalue weighted by Crippen LogP contribution is -2.36. The van der Waals surface area contributed by atoms with Crippen LogP contribution in [0.3, 0.4) is 0 Å². The van der Waals surface area contributed by atoms with Gasteiger partial charge in [-0.3, -0.25) is 14.8 Å². The van der Waals surface area contributed by atoms with Gasteiger partial charge in [0.2, 0.25) is 0 Å². The number of nitro groups is 1. The Balaban J connectivity index is 1.92. The third-order valence-corrected chi connectivity index (χ3v) is 6.04. The first-order valence-electron chi connectivity index (χ1n) is 8.50. The number of anilines is 2. The average Bonchev–Trinajstić information content (AvgIpc) is 2.63. The second-order valence-corrected chi connectivity index (χ2v) is 8.00. The smallest absolute Gasteiger partial charge is 0.290 e. The summed E-state index contributed by atoms with van der Waals surface area (Å²) in [6, 6.07) is 9.61. The van der Waals surface area contributed by atoms with Crippen LogP contribution in [0.4, 0.5) is 17.1 Å². The van der Waals surface area contributed by atoms with Gasteiger partial charge in [0.05, 0.1) is 23.8 Å². The van der Waals surface area contributed by atoms with E-state index in [0.717, 1.165) is 24.3 Å². The molecule has 1 heterocycles. The Kier molecular flexibility index (Phi) is 5.33. The molecule has 1 aliphatic heterocycles. The zero-order chi connectivity index (χ0) is 19.6. The molecule has 0 radical (unpaired) electrons. The van der Waals surface area contributed by atoms with E-state index in [1.165, 1.54) is 25.1 Å². The van der Waals surface area contributed by atoms with E-state index in [0.29, 0.717) is 24.5 Å². The van der Waals surface area contributed by atoms with E-state index in [-0.39, 0.29) is 4.90 Å². The first-order chi connectivity index (χ1) is 12.8. The molecule has 0 saturated carbocycles. The Morgan fingerprint density at radius 1 is 1.11 bits per heavy atom. The molecule has 1 saturated heterocycles. The predicted octanol–water partition coefficient (Wildman–Crippen LogP) is 2.85. The van der Waals surface area contributed by atoms with Crippen molar-refractivity contribution in [2.45, 2.75) is 18.7 Å². The molecule has 0 atom stereocenters. The highest BCUT2D eigenvalue weighted by Crippen LogP contribution is 2.30. The summed E-state index contributed by atoms with van der Waals surface area (Å²) >= 11 is 0. The van der Waals surface area contributed by atoms with Crippen molar-refractivity contribution in [3.8, 4) is 0 Å². The third-order valence-electron chi connectivity index (χ3n) is 4.49. The second kappa shape index (κ2) is 7.53. The number of nitrogens with zero attached hydrogens (tertiary/aromatic N) is 2. The topological polar surface area (TPSA) is 102 Å². The van der Waals surface area contributed by atoms with Gasteiger partial charge in [-0.05, 0) is 43.2 Å². The van der Waals surface area contributed by atoms with Crippen LogP contribution >= 0.6 is 0 Å². The fraction of sp³-hybridized carbons (Fsp3) is 0.333. The SMILES string of the molecule is Cc1cc(N2CCOCC2)ccc1NS(=O)(=O)c1c(C)cccc1[N+](=O)[O-]. The number of aryl methyl sites for hydroxylation is 2. The molecule has 1 fully saturated rings. The number of hydrogen-bond acceptors (Lipinski definition) is 6. The van der Waals surface area contributed by atoms with Crippen LogP contribution in [-0.2, 0) is 14.8 Å². The zero-order valence-corrected chi connectivity index (χ0v) is 16.0. The average molecular weight is 391 g/mol. The number of ether oxygens (including phenoxy) is 1. The van der Waals surface area contributed by atoms with Gasteiger partial charge in [-0.25, -0.2) is 8.42 Å². The van der Waals surface area contributed by atoms with E-state index in [4.69, 9.17) is 4.74 Å². The van der Waals surface area contributed by atoms with Crippen molar-refractivity contribution in [2.24, 2.45) is 0 Å². The molecule has 0 bridgehead atoms. The molecule has 1 aliphatic rings. The molecule has 144 valence electrons. The van der Waals surface area contributed by atoms with Crippen LogP contribution in [0.25, 0.3) is 0 Å². The molecule has 1 N–H and O–H groups in total. The van der Waals surface area contributed by atoms with E-state index >= 15 is 0 Å². The molecule has 0 unspecified atom stereocenters. The molecule has 2 aromatic carbocycles. The standard InChI is InChI=1S/C18H21N3O5S/c1-13-4-3-5-17(21(22)23)18(13)27(24,25)19-16-7-6-15(12-14(16)2)20-8-10-26-11-9-20/h3-7,12,19H,8-11H2,1-2H3. The molecule has 2 aromatic rings. The highest BCUT2D eigenvalue weighted by Gasteiger charge is 2.28. The van der Waals surface area contributed by atoms with Gasteiger partial charge in [0, 0.05) is 24.8 Å². The van der Waals surface area contributed by atoms with E-state index in [1.807, 2.05) is 12.1 Å². The lowest BCUT2D eigenvalue weighted by atomic mass is 10.1. The predicted molar refractivity (Wildman–Crippen MR) is 103 cm³/mol. The Morgan fingerprint density at radius 2 is 1.81 bits per heavy atom. The summed E-state index contributed by atoms with van der Waals surface area (Å²) in [4.78, 5) is 12.4. The zero-order valence-electron chi connectivity index (χ0n) is 15.1. The lowest BCUT2D eigenvalue weighted by molar-refractivity contribution is -0.387. The van der Waals surface area contributed by atoms with Gasteiger partial charge in [-0.2, -0.15) is 0 Å². The molecule has 8 nitrogen and oxygen atoms in total. The maximum Gasteiger partial charge on any atom is 0.290 e. The number of benzene rings is 2. The van der Waals surface area contributed by atoms with Gasteiger partial charge in [0.1, 0.15) is 0 Å². The monoisotopic (exact) mass is 391 g/mol. The van der Waals surface area contributed by atoms with Crippen molar-refractivity contribution in [1.82, 2.24) is 0 Å². The fourth-order valence-electron chi connectivity index (χ4n) is 3.11. The molecule has 0 aromatic heterocycles. The third kappa shape index (κ3) is 4.04. The number of rotatable bonds is 5. The van der Waals surface area contributed by atoms with Gasteiger partial charge < -0.3 is 9.64 Å². The maximum atomic E-state index is 12.8. The summed E-state index contributed by atoms with van der Waals surface area (Å²) < 4.78 is 33.5. The minimum Gasteiger partial charge on any atom is -0.378 e. The highest BCUT2D eigenvalue weighted by atomic mass is 32.2. The van der Waals surface area contributed by atoms with Crippen molar-refractivity contribution in [2.75, 3.05) is 35.9 Å². The summed E-state index contributed by atoms with van der Waals surface area (Å²) in [5.41, 5.74) is 1.99. The van der Waals surface area contributed by atoms with Crippen LogP contribution in [0.2, 0.25) is 0 Å². The number of morpholine rings is 1. The first kappa shape index (κ1) is 19.1. The molecule has 0 amide bonds. The summed E-state index contributed by atoms with van der Waals surface area (Å²) in [6.45, 7) is 6.21. The molecular weight excluding hydrogens is 370 g/mol. The van der Waals surface area contributed by atoms with E-state index in [9.17, 15) is 18.5 Å². The van der Waals surface area contributed by atoms with Gasteiger partial charge in [0.15, 0.2) is 4.90 Å². The minimum absolute atomic E-state index is 0.313. The molecule has 3 rings (SSSR count). The van der Waals surface area contributed by atoms with Crippen molar-refractivity contribution < 1.29 is 18.1 Å². The summed E-state index contributed by atoms with van der Waals surface area (Å²) in [5, 5.41) is 11.3. The largest absolute Gasteiger partial charge is 0.378 e. The van der Waals surface area contributed by atoms with Crippen molar-refractivity contribution in [1.29, 1.82) is 0 Å². The van der Waals surface area contributed by atoms with Crippen LogP contribution in [0.1, 0.15) is 11.1 Å². The Hall–Kier alpha value is -2.65. The van der Waals surface area contributed by atoms with Gasteiger partial charge in [-0.15, -0.1) is 0 Å². The Labute approximate surface area is 158 Å². The lowest BCUT2D eigenvalue weighted by Gasteiger charge is -2.29. The minimum atomic E-state index is -4.11. The summed E-state index contributed by atoms with van der Waals surface area (Å²) in [5.74, 6) is 0. The van der Waals surface area contributed by atoms with Crippen molar-refractivity contribution in [3.63, 3.8) is 0 Å². The van der Waals surface area contributed by atoms with Crippen LogP contribution in [0, 0.1) is 24.0 Å². The fourth-order valence-corrected chi connectivity index (χ4v) is 4.64. The van der Waals surface area contributed by atoms with Crippen molar-refractivity contribution >= 4 is 27.1 Å². The van der Waals surface area contributed by atoms with E-state index < -0.39 is 20.6 Å². The normalized spacial score (nSPS) is 14.8. The van der Waals surface area contributed by atoms with Gasteiger partial charge in [0.25, 0.3) is 15.7 Å². The Morgan fingerprint density at radius 3 is 2.44 bits per heavy atom. The molecule has 0 aliphatic carbocycles. The number of nitro benzene ring substituents is 1. The summed E-state index contributed by atoms with van der Waals surface area (Å²) in [7, 11) is -4.11. The van der Waals surface area contributed by atoms with Crippen LogP contribution in [0.5, 0.6) is 0 Å². The molecular formula is C18H21N3O5S. The van der Waals surface area contributed by atoms with Gasteiger partial charge >= 0.3 is 0 Å². The number of sulfonamides is 1. The van der Waals surface area contributed by atoms with E-state index in [1.54, 1.807) is 13.0 Å². The van der Waals surface area contributed by atoms with Gasteiger partial charge in [-0.1, -0.05) is 12.1 Å². The quantitative estimate of drug-likeness (QED) is 0.621. The highest BCUT2D eigenvalue weighted by molar-refractivity contribution is 7.93. The van der Waals surface area contributed by atoms with Crippen molar-refractivity contribution in [3.05, 3.63) is 57.6 Å². The number of nitrogens with one attached hydrogen (secondary N) is 1. The second-order valence-electron chi connectivity index (χ2n) is 6.38. The molecule has 9 heteroatoms. The number of hydrogen-bond donors (Lipinski definition) is 1. The van der Waals surface area contributed by atoms with Crippen LogP contribution in [-0.4, -0.2) is 39.6 Å². The van der Waals surface area contributed by atoms with Crippen LogP contribution in [0.15, 0.2) is 41.3 Å². The maximum absolute atomic E-state index is 12.8. The Bertz CT molecular complexity index is 969. The first-order valence-corrected chi connectivity index (χ1v) is 9.98. The van der Waals surface area contributed by atoms with E-state index in [2.05, 4.69) is 9.62 Å². The molecule has 27 heavy (non-hydrogen) atoms. The summed E-state index contributed by atoms with van der Waals surface area (Å²) in [6.07, 6.45) is 0. The van der Waals surface area contributed by atoms with Crippen LogP contribution < -0.4 is 9.62 Å². The molecule has 0 spiro atoms.